The fourth-order valence-electron chi connectivity index (χ4n) is 3.82. The van der Waals surface area contributed by atoms with Gasteiger partial charge in [-0.25, -0.2) is 0 Å². The predicted octanol–water partition coefficient (Wildman–Crippen LogP) is 3.75. The fraction of sp³-hybridized carbons (Fsp3) is 0.923. The van der Waals surface area contributed by atoms with E-state index >= 15 is 0 Å². The van der Waals surface area contributed by atoms with E-state index in [1.165, 1.54) is 32.1 Å². The number of hydrogen-bond acceptors (Lipinski definition) is 1. The Kier molecular flexibility index (Phi) is 2.56. The van der Waals surface area contributed by atoms with Crippen LogP contribution in [-0.2, 0) is 0 Å². The highest BCUT2D eigenvalue weighted by Gasteiger charge is 2.44. The van der Waals surface area contributed by atoms with Crippen molar-refractivity contribution < 1.29 is 0 Å². The minimum Gasteiger partial charge on any atom is -0.198 e. The number of fused-ring (bicyclic) bond motifs is 2. The van der Waals surface area contributed by atoms with Crippen molar-refractivity contribution in [2.24, 2.45) is 23.2 Å². The summed E-state index contributed by atoms with van der Waals surface area (Å²) in [7, 11) is 0. The van der Waals surface area contributed by atoms with Gasteiger partial charge in [0.25, 0.3) is 0 Å². The molecule has 2 fully saturated rings. The van der Waals surface area contributed by atoms with Crippen LogP contribution in [0.25, 0.3) is 0 Å². The van der Waals surface area contributed by atoms with E-state index < -0.39 is 0 Å². The summed E-state index contributed by atoms with van der Waals surface area (Å²) in [6, 6.07) is 2.65. The van der Waals surface area contributed by atoms with E-state index in [1.54, 1.807) is 0 Å². The van der Waals surface area contributed by atoms with Gasteiger partial charge in [0, 0.05) is 0 Å². The second-order valence-electron chi connectivity index (χ2n) is 5.94. The third kappa shape index (κ3) is 1.80. The van der Waals surface area contributed by atoms with E-state index in [0.717, 1.165) is 18.3 Å². The third-order valence-corrected chi connectivity index (χ3v) is 4.04. The summed E-state index contributed by atoms with van der Waals surface area (Å²) in [5.41, 5.74) is 0.0538. The lowest BCUT2D eigenvalue weighted by atomic mass is 9.66. The summed E-state index contributed by atoms with van der Waals surface area (Å²) in [6.07, 6.45) is 7.72. The summed E-state index contributed by atoms with van der Waals surface area (Å²) < 4.78 is 0. The van der Waals surface area contributed by atoms with Crippen LogP contribution < -0.4 is 0 Å². The van der Waals surface area contributed by atoms with Crippen molar-refractivity contribution in [1.29, 1.82) is 5.26 Å². The van der Waals surface area contributed by atoms with E-state index in [0.29, 0.717) is 5.92 Å². The second kappa shape index (κ2) is 3.57. The molecule has 1 nitrogen and oxygen atoms in total. The summed E-state index contributed by atoms with van der Waals surface area (Å²) in [5.74, 6) is 2.44. The summed E-state index contributed by atoms with van der Waals surface area (Å²) in [5, 5.41) is 9.40. The van der Waals surface area contributed by atoms with Crippen molar-refractivity contribution >= 4 is 0 Å². The molecular formula is C13H21N. The Bertz CT molecular complexity index is 236. The lowest BCUT2D eigenvalue weighted by molar-refractivity contribution is 0.161. The standard InChI is InChI=1S/C13H21N/c1-10(2)6-13(9-14)7-11-3-4-12(5-11)8-13/h10-12H,3-8H2,1-2H3/t11-,12+,13?. The van der Waals surface area contributed by atoms with Crippen LogP contribution in [0.3, 0.4) is 0 Å². The Balaban J connectivity index is 2.10. The van der Waals surface area contributed by atoms with Crippen LogP contribution in [0, 0.1) is 34.5 Å². The first-order chi connectivity index (χ1) is 6.63. The Hall–Kier alpha value is -0.510. The molecule has 0 saturated heterocycles. The van der Waals surface area contributed by atoms with Crippen molar-refractivity contribution in [2.75, 3.05) is 0 Å². The minimum atomic E-state index is 0.0538. The average molecular weight is 191 g/mol. The van der Waals surface area contributed by atoms with Crippen LogP contribution >= 0.6 is 0 Å². The van der Waals surface area contributed by atoms with Gasteiger partial charge in [-0.1, -0.05) is 26.7 Å². The number of nitriles is 1. The summed E-state index contributed by atoms with van der Waals surface area (Å²) in [4.78, 5) is 0. The van der Waals surface area contributed by atoms with Crippen LogP contribution in [0.15, 0.2) is 0 Å². The van der Waals surface area contributed by atoms with E-state index in [4.69, 9.17) is 0 Å². The molecular weight excluding hydrogens is 170 g/mol. The first-order valence-corrected chi connectivity index (χ1v) is 6.05. The molecule has 2 bridgehead atoms. The zero-order valence-electron chi connectivity index (χ0n) is 9.42. The average Bonchev–Trinajstić information content (AvgIpc) is 2.45. The fourth-order valence-corrected chi connectivity index (χ4v) is 3.82. The molecule has 1 unspecified atom stereocenters. The quantitative estimate of drug-likeness (QED) is 0.652. The molecule has 2 aliphatic rings. The van der Waals surface area contributed by atoms with Gasteiger partial charge in [-0.05, 0) is 43.4 Å². The van der Waals surface area contributed by atoms with Gasteiger partial charge >= 0.3 is 0 Å². The molecule has 2 rings (SSSR count). The first-order valence-electron chi connectivity index (χ1n) is 6.05. The SMILES string of the molecule is CC(C)CC1(C#N)C[C@@H]2CC[C@@H](C2)C1. The van der Waals surface area contributed by atoms with Gasteiger partial charge in [-0.3, -0.25) is 0 Å². The summed E-state index contributed by atoms with van der Waals surface area (Å²) in [6.45, 7) is 4.49. The Morgan fingerprint density at radius 2 is 1.86 bits per heavy atom. The van der Waals surface area contributed by atoms with Crippen molar-refractivity contribution in [3.63, 3.8) is 0 Å². The van der Waals surface area contributed by atoms with Gasteiger partial charge in [0.1, 0.15) is 0 Å². The number of nitrogens with zero attached hydrogens (tertiary/aromatic N) is 1. The number of hydrogen-bond donors (Lipinski definition) is 0. The van der Waals surface area contributed by atoms with Gasteiger partial charge in [-0.15, -0.1) is 0 Å². The van der Waals surface area contributed by atoms with Crippen LogP contribution in [0.5, 0.6) is 0 Å². The van der Waals surface area contributed by atoms with E-state index in [-0.39, 0.29) is 5.41 Å². The lowest BCUT2D eigenvalue weighted by Gasteiger charge is -2.36. The maximum Gasteiger partial charge on any atom is 0.0690 e. The van der Waals surface area contributed by atoms with Crippen molar-refractivity contribution in [3.8, 4) is 6.07 Å². The molecule has 0 aliphatic heterocycles. The van der Waals surface area contributed by atoms with Gasteiger partial charge in [0.05, 0.1) is 11.5 Å². The van der Waals surface area contributed by atoms with E-state index in [9.17, 15) is 5.26 Å². The minimum absolute atomic E-state index is 0.0538. The molecule has 14 heavy (non-hydrogen) atoms. The molecule has 0 aromatic heterocycles. The topological polar surface area (TPSA) is 23.8 Å². The van der Waals surface area contributed by atoms with Gasteiger partial charge in [0.15, 0.2) is 0 Å². The predicted molar refractivity (Wildman–Crippen MR) is 57.6 cm³/mol. The van der Waals surface area contributed by atoms with E-state index in [2.05, 4.69) is 19.9 Å². The maximum absolute atomic E-state index is 9.40. The van der Waals surface area contributed by atoms with Crippen molar-refractivity contribution in [3.05, 3.63) is 0 Å². The molecule has 0 N–H and O–H groups in total. The molecule has 0 radical (unpaired) electrons. The van der Waals surface area contributed by atoms with Crippen LogP contribution in [0.2, 0.25) is 0 Å². The van der Waals surface area contributed by atoms with Crippen LogP contribution in [0.1, 0.15) is 52.4 Å². The zero-order valence-corrected chi connectivity index (χ0v) is 9.42. The first kappa shape index (κ1) is 10.0. The molecule has 0 heterocycles. The lowest BCUT2D eigenvalue weighted by Crippen LogP contribution is -2.29. The summed E-state index contributed by atoms with van der Waals surface area (Å²) >= 11 is 0. The Morgan fingerprint density at radius 1 is 1.29 bits per heavy atom. The molecule has 78 valence electrons. The molecule has 1 heteroatoms. The molecule has 0 aromatic rings. The van der Waals surface area contributed by atoms with Gasteiger partial charge in [-0.2, -0.15) is 5.26 Å². The maximum atomic E-state index is 9.40. The highest BCUT2D eigenvalue weighted by atomic mass is 14.5. The molecule has 2 aliphatic carbocycles. The zero-order chi connectivity index (χ0) is 10.2. The Labute approximate surface area is 87.5 Å². The molecule has 0 amide bonds. The van der Waals surface area contributed by atoms with E-state index in [1.807, 2.05) is 0 Å². The third-order valence-electron chi connectivity index (χ3n) is 4.04. The Morgan fingerprint density at radius 3 is 2.29 bits per heavy atom. The van der Waals surface area contributed by atoms with Crippen molar-refractivity contribution in [1.82, 2.24) is 0 Å². The van der Waals surface area contributed by atoms with Crippen LogP contribution in [-0.4, -0.2) is 0 Å². The molecule has 0 aromatic carbocycles. The monoisotopic (exact) mass is 191 g/mol. The highest BCUT2D eigenvalue weighted by Crippen LogP contribution is 2.52. The molecule has 2 saturated carbocycles. The van der Waals surface area contributed by atoms with Crippen LogP contribution in [0.4, 0.5) is 0 Å². The smallest absolute Gasteiger partial charge is 0.0690 e. The second-order valence-corrected chi connectivity index (χ2v) is 5.94. The van der Waals surface area contributed by atoms with Gasteiger partial charge < -0.3 is 0 Å². The van der Waals surface area contributed by atoms with Gasteiger partial charge in [0.2, 0.25) is 0 Å². The largest absolute Gasteiger partial charge is 0.198 e. The normalized spacial score (nSPS) is 41.3. The van der Waals surface area contributed by atoms with Crippen molar-refractivity contribution in [2.45, 2.75) is 52.4 Å². The molecule has 0 spiro atoms. The molecule has 3 atom stereocenters. The highest BCUT2D eigenvalue weighted by molar-refractivity contribution is 5.06. The number of rotatable bonds is 2.